The number of fused-ring (bicyclic) bond motifs is 2. The van der Waals surface area contributed by atoms with Crippen LogP contribution in [0.4, 0.5) is 24.8 Å². The van der Waals surface area contributed by atoms with Crippen LogP contribution in [-0.2, 0) is 23.9 Å². The van der Waals surface area contributed by atoms with Gasteiger partial charge in [-0.1, -0.05) is 6.07 Å². The first kappa shape index (κ1) is 23.1. The number of carbonyl (C=O) groups is 1. The van der Waals surface area contributed by atoms with Gasteiger partial charge in [0.1, 0.15) is 11.6 Å². The van der Waals surface area contributed by atoms with E-state index in [1.807, 2.05) is 11.0 Å². The highest BCUT2D eigenvalue weighted by Gasteiger charge is 2.46. The summed E-state index contributed by atoms with van der Waals surface area (Å²) in [4.78, 5) is 23.1. The summed E-state index contributed by atoms with van der Waals surface area (Å²) < 4.78 is 41.3. The number of aryl methyl sites for hydroxylation is 1. The fourth-order valence-corrected chi connectivity index (χ4v) is 4.95. The molecule has 2 fully saturated rings. The maximum atomic E-state index is 13.8. The maximum Gasteiger partial charge on any atom is 0.416 e. The minimum Gasteiger partial charge on any atom is -0.386 e. The highest BCUT2D eigenvalue weighted by atomic mass is 19.4. The first-order chi connectivity index (χ1) is 16.7. The summed E-state index contributed by atoms with van der Waals surface area (Å²) in [6.45, 7) is 1.32. The molecule has 3 aliphatic rings. The largest absolute Gasteiger partial charge is 0.416 e. The Labute approximate surface area is 200 Å². The van der Waals surface area contributed by atoms with Crippen LogP contribution in [-0.4, -0.2) is 35.2 Å². The molecule has 5 rings (SSSR count). The van der Waals surface area contributed by atoms with Gasteiger partial charge in [0.05, 0.1) is 17.2 Å². The smallest absolute Gasteiger partial charge is 0.386 e. The number of hydrogen-bond donors (Lipinski definition) is 4. The van der Waals surface area contributed by atoms with E-state index in [4.69, 9.17) is 11.1 Å². The number of aromatic nitrogens is 2. The third kappa shape index (κ3) is 4.80. The minimum absolute atomic E-state index is 0.00344. The van der Waals surface area contributed by atoms with Crippen molar-refractivity contribution in [1.82, 2.24) is 20.6 Å². The molecule has 0 spiro atoms. The van der Waals surface area contributed by atoms with Crippen LogP contribution in [0, 0.1) is 17.2 Å². The maximum absolute atomic E-state index is 13.8. The number of nitrogens with one attached hydrogen (secondary N) is 3. The van der Waals surface area contributed by atoms with Gasteiger partial charge in [-0.3, -0.25) is 4.79 Å². The van der Waals surface area contributed by atoms with Crippen LogP contribution in [0.3, 0.4) is 0 Å². The number of piperidine rings is 1. The van der Waals surface area contributed by atoms with Gasteiger partial charge in [-0.05, 0) is 48.8 Å². The molecule has 1 saturated carbocycles. The van der Waals surface area contributed by atoms with Crippen LogP contribution >= 0.6 is 0 Å². The molecule has 8 nitrogen and oxygen atoms in total. The second kappa shape index (κ2) is 8.86. The summed E-state index contributed by atoms with van der Waals surface area (Å²) in [5, 5.41) is 13.2. The van der Waals surface area contributed by atoms with E-state index in [9.17, 15) is 18.0 Å². The number of carbonyl (C=O) groups excluding carboxylic acids is 1. The van der Waals surface area contributed by atoms with Crippen LogP contribution in [0.5, 0.6) is 0 Å². The van der Waals surface area contributed by atoms with Crippen molar-refractivity contribution in [3.8, 4) is 0 Å². The third-order valence-corrected chi connectivity index (χ3v) is 6.93. The number of nitrogens with zero attached hydrogens (tertiary/aromatic N) is 3. The lowest BCUT2D eigenvalue weighted by Crippen LogP contribution is -2.30. The molecule has 1 aliphatic heterocycles. The first-order valence-corrected chi connectivity index (χ1v) is 11.5. The molecule has 3 heterocycles. The molecule has 0 bridgehead atoms. The Morgan fingerprint density at radius 3 is 2.77 bits per heavy atom. The second-order valence-corrected chi connectivity index (χ2v) is 9.32. The molecule has 2 aromatic rings. The number of hydrogen-bond acceptors (Lipinski definition) is 7. The quantitative estimate of drug-likeness (QED) is 0.354. The van der Waals surface area contributed by atoms with Crippen molar-refractivity contribution >= 4 is 23.8 Å². The zero-order chi connectivity index (χ0) is 24.7. The van der Waals surface area contributed by atoms with Gasteiger partial charge in [-0.15, -0.1) is 0 Å². The molecule has 0 radical (unpaired) electrons. The monoisotopic (exact) mass is 485 g/mol. The summed E-state index contributed by atoms with van der Waals surface area (Å²) in [6, 6.07) is 4.33. The molecule has 1 amide bonds. The van der Waals surface area contributed by atoms with E-state index < -0.39 is 17.6 Å². The second-order valence-electron chi connectivity index (χ2n) is 9.32. The van der Waals surface area contributed by atoms with Crippen molar-refractivity contribution in [2.24, 2.45) is 11.8 Å². The number of amides is 1. The average molecular weight is 486 g/mol. The Hall–Kier alpha value is -3.63. The lowest BCUT2D eigenvalue weighted by molar-refractivity contribution is -0.138. The van der Waals surface area contributed by atoms with Gasteiger partial charge in [0, 0.05) is 49.5 Å². The number of halogens is 3. The van der Waals surface area contributed by atoms with Gasteiger partial charge in [-0.2, -0.15) is 13.2 Å². The van der Waals surface area contributed by atoms with Crippen molar-refractivity contribution < 1.29 is 18.0 Å². The number of rotatable bonds is 7. The van der Waals surface area contributed by atoms with Crippen molar-refractivity contribution in [2.45, 2.75) is 38.0 Å². The molecule has 0 aromatic carbocycles. The van der Waals surface area contributed by atoms with Crippen molar-refractivity contribution in [1.29, 1.82) is 5.41 Å². The van der Waals surface area contributed by atoms with Crippen LogP contribution in [0.25, 0.3) is 0 Å². The van der Waals surface area contributed by atoms with E-state index in [0.29, 0.717) is 36.3 Å². The average Bonchev–Trinajstić information content (AvgIpc) is 3.23. The zero-order valence-electron chi connectivity index (χ0n) is 18.9. The summed E-state index contributed by atoms with van der Waals surface area (Å²) >= 11 is 0. The third-order valence-electron chi connectivity index (χ3n) is 6.93. The lowest BCUT2D eigenvalue weighted by Gasteiger charge is -2.21. The van der Waals surface area contributed by atoms with Crippen molar-refractivity contribution in [3.05, 3.63) is 58.6 Å². The van der Waals surface area contributed by atoms with Gasteiger partial charge >= 0.3 is 6.18 Å². The number of anilines is 2. The van der Waals surface area contributed by atoms with Crippen LogP contribution in [0.15, 0.2) is 36.2 Å². The Bertz CT molecular complexity index is 1190. The van der Waals surface area contributed by atoms with Gasteiger partial charge < -0.3 is 26.7 Å². The van der Waals surface area contributed by atoms with E-state index in [-0.39, 0.29) is 23.7 Å². The number of alkyl halides is 3. The van der Waals surface area contributed by atoms with E-state index >= 15 is 0 Å². The molecule has 35 heavy (non-hydrogen) atoms. The van der Waals surface area contributed by atoms with E-state index in [1.54, 1.807) is 6.07 Å². The SMILES string of the molecule is N=C/C(=C\NCc1cnc(N2CC3CC3C2)cc1C(F)(F)F)C(=O)N[C@@H]1CCc2nc(N)ccc21. The van der Waals surface area contributed by atoms with Crippen LogP contribution in [0.1, 0.15) is 41.3 Å². The van der Waals surface area contributed by atoms with E-state index in [0.717, 1.165) is 43.0 Å². The van der Waals surface area contributed by atoms with Gasteiger partial charge in [-0.25, -0.2) is 9.97 Å². The summed E-state index contributed by atoms with van der Waals surface area (Å²) in [7, 11) is 0. The van der Waals surface area contributed by atoms with Crippen LogP contribution in [0.2, 0.25) is 0 Å². The van der Waals surface area contributed by atoms with E-state index in [2.05, 4.69) is 20.6 Å². The zero-order valence-corrected chi connectivity index (χ0v) is 18.9. The molecular formula is C24H26F3N7O. The molecule has 2 aromatic heterocycles. The Kier molecular flexibility index (Phi) is 5.86. The van der Waals surface area contributed by atoms with Crippen LogP contribution < -0.4 is 21.3 Å². The number of nitrogens with two attached hydrogens (primary N) is 1. The standard InChI is InChI=1S/C24H26F3N7O/c25-24(26,27)18-6-22(34-11-13-5-14(13)12-34)31-10-16(18)9-30-8-15(7-28)23(35)33-20-3-2-19-17(20)1-4-21(29)32-19/h1,4,6-8,10,13-14,20,28,30H,2-3,5,9,11-12H2,(H2,29,32)(H,33,35)/b15-8+,28-7?/t13?,14?,20-/m1/s1. The predicted octanol–water partition coefficient (Wildman–Crippen LogP) is 2.96. The number of pyridine rings is 2. The Morgan fingerprint density at radius 1 is 1.29 bits per heavy atom. The Morgan fingerprint density at radius 2 is 2.06 bits per heavy atom. The first-order valence-electron chi connectivity index (χ1n) is 11.5. The van der Waals surface area contributed by atoms with E-state index in [1.165, 1.54) is 12.4 Å². The van der Waals surface area contributed by atoms with Gasteiger partial charge in [0.15, 0.2) is 0 Å². The molecule has 184 valence electrons. The molecule has 3 atom stereocenters. The summed E-state index contributed by atoms with van der Waals surface area (Å²) in [5.41, 5.74) is 6.63. The summed E-state index contributed by atoms with van der Waals surface area (Å²) in [5.74, 6) is 1.42. The molecule has 1 saturated heterocycles. The van der Waals surface area contributed by atoms with Crippen molar-refractivity contribution in [2.75, 3.05) is 23.7 Å². The molecule has 11 heteroatoms. The van der Waals surface area contributed by atoms with Crippen molar-refractivity contribution in [3.63, 3.8) is 0 Å². The highest BCUT2D eigenvalue weighted by Crippen LogP contribution is 2.46. The normalized spacial score (nSPS) is 23.0. The molecule has 5 N–H and O–H groups in total. The Balaban J connectivity index is 1.25. The topological polar surface area (TPSA) is 120 Å². The lowest BCUT2D eigenvalue weighted by atomic mass is 10.1. The van der Waals surface area contributed by atoms with Gasteiger partial charge in [0.2, 0.25) is 0 Å². The highest BCUT2D eigenvalue weighted by molar-refractivity contribution is 6.11. The molecular weight excluding hydrogens is 459 g/mol. The predicted molar refractivity (Wildman–Crippen MR) is 125 cm³/mol. The minimum atomic E-state index is -4.53. The fourth-order valence-electron chi connectivity index (χ4n) is 4.95. The number of nitrogen functional groups attached to an aromatic ring is 1. The van der Waals surface area contributed by atoms with Gasteiger partial charge in [0.25, 0.3) is 5.91 Å². The summed E-state index contributed by atoms with van der Waals surface area (Å²) in [6.07, 6.45) is 1.30. The molecule has 2 unspecified atom stereocenters. The molecule has 2 aliphatic carbocycles. The fraction of sp³-hybridized carbons (Fsp3) is 0.417.